The molecule has 1 aromatic carbocycles. The molecule has 2 rings (SSSR count). The Morgan fingerprint density at radius 3 is 2.80 bits per heavy atom. The van der Waals surface area contributed by atoms with Gasteiger partial charge in [-0.15, -0.1) is 0 Å². The van der Waals surface area contributed by atoms with Gasteiger partial charge in [-0.2, -0.15) is 5.26 Å². The molecule has 0 bridgehead atoms. The van der Waals surface area contributed by atoms with Gasteiger partial charge in [0.2, 0.25) is 5.91 Å². The lowest BCUT2D eigenvalue weighted by atomic mass is 9.86. The van der Waals surface area contributed by atoms with Crippen LogP contribution in [0.15, 0.2) is 22.7 Å². The minimum atomic E-state index is -1.02. The molecule has 0 aliphatic carbocycles. The highest BCUT2D eigenvalue weighted by Gasteiger charge is 2.48. The highest BCUT2D eigenvalue weighted by atomic mass is 79.9. The fourth-order valence-electron chi connectivity index (χ4n) is 2.11. The lowest BCUT2D eigenvalue weighted by Gasteiger charge is -2.36. The highest BCUT2D eigenvalue weighted by Crippen LogP contribution is 2.30. The number of hydrogen-bond acceptors (Lipinski definition) is 4. The quantitative estimate of drug-likeness (QED) is 0.841. The zero-order valence-electron chi connectivity index (χ0n) is 11.4. The molecule has 0 unspecified atom stereocenters. The van der Waals surface area contributed by atoms with Gasteiger partial charge in [-0.1, -0.05) is 15.9 Å². The number of halogens is 1. The van der Waals surface area contributed by atoms with Crippen molar-refractivity contribution in [2.45, 2.75) is 6.54 Å². The number of carbonyl (C=O) groups is 1. The molecule has 1 aromatic rings. The van der Waals surface area contributed by atoms with Gasteiger partial charge in [0.25, 0.3) is 0 Å². The Balaban J connectivity index is 2.16. The molecule has 0 N–H and O–H groups in total. The minimum Gasteiger partial charge on any atom is -0.496 e. The Kier molecular flexibility index (Phi) is 4.31. The molecule has 1 aliphatic heterocycles. The largest absolute Gasteiger partial charge is 0.496 e. The molecular weight excluding hydrogens is 324 g/mol. The number of nitrogens with zero attached hydrogens (tertiary/aromatic N) is 2. The van der Waals surface area contributed by atoms with Gasteiger partial charge in [-0.3, -0.25) is 4.79 Å². The van der Waals surface area contributed by atoms with Crippen LogP contribution in [0.3, 0.4) is 0 Å². The summed E-state index contributed by atoms with van der Waals surface area (Å²) in [6.45, 7) is 0.718. The molecule has 0 radical (unpaired) electrons. The number of nitriles is 1. The molecule has 1 saturated heterocycles. The number of methoxy groups -OCH3 is 1. The molecular formula is C14H15BrN2O3. The van der Waals surface area contributed by atoms with Crippen LogP contribution in [0.5, 0.6) is 5.75 Å². The Bertz CT molecular complexity index is 564. The summed E-state index contributed by atoms with van der Waals surface area (Å²) in [4.78, 5) is 13.9. The van der Waals surface area contributed by atoms with E-state index in [1.54, 1.807) is 14.2 Å². The number of amides is 1. The van der Waals surface area contributed by atoms with E-state index >= 15 is 0 Å². The van der Waals surface area contributed by atoms with Crippen LogP contribution in [0.2, 0.25) is 0 Å². The molecule has 1 aliphatic rings. The van der Waals surface area contributed by atoms with Crippen molar-refractivity contribution < 1.29 is 14.3 Å². The van der Waals surface area contributed by atoms with E-state index in [4.69, 9.17) is 14.7 Å². The fourth-order valence-corrected chi connectivity index (χ4v) is 2.51. The molecule has 1 fully saturated rings. The van der Waals surface area contributed by atoms with Crippen molar-refractivity contribution in [1.29, 1.82) is 5.26 Å². The van der Waals surface area contributed by atoms with Crippen LogP contribution in [0.25, 0.3) is 0 Å². The van der Waals surface area contributed by atoms with Crippen molar-refractivity contribution in [3.8, 4) is 11.8 Å². The molecule has 1 amide bonds. The zero-order chi connectivity index (χ0) is 14.8. The third kappa shape index (κ3) is 2.65. The van der Waals surface area contributed by atoms with Crippen molar-refractivity contribution in [3.63, 3.8) is 0 Å². The van der Waals surface area contributed by atoms with Crippen molar-refractivity contribution in [3.05, 3.63) is 28.2 Å². The first-order valence-electron chi connectivity index (χ1n) is 6.09. The number of hydrogen-bond donors (Lipinski definition) is 0. The topological polar surface area (TPSA) is 62.6 Å². The normalized spacial score (nSPS) is 15.9. The minimum absolute atomic E-state index is 0.169. The summed E-state index contributed by atoms with van der Waals surface area (Å²) in [6, 6.07) is 7.68. The molecule has 1 heterocycles. The predicted molar refractivity (Wildman–Crippen MR) is 76.0 cm³/mol. The molecule has 0 spiro atoms. The zero-order valence-corrected chi connectivity index (χ0v) is 12.9. The van der Waals surface area contributed by atoms with E-state index in [-0.39, 0.29) is 19.1 Å². The molecule has 0 atom stereocenters. The first-order chi connectivity index (χ1) is 9.52. The SMILES string of the molecule is COc1ccc(Br)cc1CN(C)C(=O)C1(C#N)COC1. The summed E-state index contributed by atoms with van der Waals surface area (Å²) in [7, 11) is 3.27. The monoisotopic (exact) mass is 338 g/mol. The van der Waals surface area contributed by atoms with Crippen LogP contribution in [0.1, 0.15) is 5.56 Å². The lowest BCUT2D eigenvalue weighted by Crippen LogP contribution is -2.53. The average Bonchev–Trinajstić information content (AvgIpc) is 2.38. The maximum absolute atomic E-state index is 12.3. The van der Waals surface area contributed by atoms with Crippen LogP contribution < -0.4 is 4.74 Å². The second-order valence-corrected chi connectivity index (χ2v) is 5.72. The number of ether oxygens (including phenoxy) is 2. The Labute approximate surface area is 126 Å². The van der Waals surface area contributed by atoms with Crippen LogP contribution in [0.4, 0.5) is 0 Å². The van der Waals surface area contributed by atoms with Crippen molar-refractivity contribution in [1.82, 2.24) is 4.90 Å². The van der Waals surface area contributed by atoms with Gasteiger partial charge in [-0.25, -0.2) is 0 Å². The van der Waals surface area contributed by atoms with Crippen molar-refractivity contribution in [2.75, 3.05) is 27.4 Å². The van der Waals surface area contributed by atoms with Crippen molar-refractivity contribution >= 4 is 21.8 Å². The first-order valence-corrected chi connectivity index (χ1v) is 6.89. The molecule has 20 heavy (non-hydrogen) atoms. The van der Waals surface area contributed by atoms with Gasteiger partial charge >= 0.3 is 0 Å². The summed E-state index contributed by atoms with van der Waals surface area (Å²) >= 11 is 3.40. The fraction of sp³-hybridized carbons (Fsp3) is 0.429. The van der Waals surface area contributed by atoms with Crippen LogP contribution in [0, 0.1) is 16.7 Å². The molecule has 0 aromatic heterocycles. The van der Waals surface area contributed by atoms with Gasteiger partial charge in [0.05, 0.1) is 26.4 Å². The average molecular weight is 339 g/mol. The summed E-state index contributed by atoms with van der Waals surface area (Å²) in [6.07, 6.45) is 0. The van der Waals surface area contributed by atoms with Crippen LogP contribution >= 0.6 is 15.9 Å². The third-order valence-electron chi connectivity index (χ3n) is 3.32. The van der Waals surface area contributed by atoms with E-state index in [9.17, 15) is 4.79 Å². The Morgan fingerprint density at radius 1 is 1.60 bits per heavy atom. The maximum Gasteiger partial charge on any atom is 0.247 e. The smallest absolute Gasteiger partial charge is 0.247 e. The van der Waals surface area contributed by atoms with Gasteiger partial charge in [-0.05, 0) is 18.2 Å². The lowest BCUT2D eigenvalue weighted by molar-refractivity contribution is -0.160. The molecule has 0 saturated carbocycles. The highest BCUT2D eigenvalue weighted by molar-refractivity contribution is 9.10. The first kappa shape index (κ1) is 14.8. The van der Waals surface area contributed by atoms with Crippen LogP contribution in [-0.4, -0.2) is 38.2 Å². The van der Waals surface area contributed by atoms with E-state index in [1.165, 1.54) is 4.90 Å². The van der Waals surface area contributed by atoms with Gasteiger partial charge in [0, 0.05) is 23.6 Å². The predicted octanol–water partition coefficient (Wildman–Crippen LogP) is 1.96. The Morgan fingerprint density at radius 2 is 2.30 bits per heavy atom. The van der Waals surface area contributed by atoms with E-state index in [2.05, 4.69) is 22.0 Å². The molecule has 6 heteroatoms. The standard InChI is InChI=1S/C14H15BrN2O3/c1-17(13(18)14(7-16)8-20-9-14)6-10-5-11(15)3-4-12(10)19-2/h3-5H,6,8-9H2,1-2H3. The second kappa shape index (κ2) is 5.81. The van der Waals surface area contributed by atoms with E-state index in [1.807, 2.05) is 18.2 Å². The molecule has 5 nitrogen and oxygen atoms in total. The van der Waals surface area contributed by atoms with Gasteiger partial charge in [0.1, 0.15) is 5.75 Å². The summed E-state index contributed by atoms with van der Waals surface area (Å²) in [5.41, 5.74) is -0.139. The summed E-state index contributed by atoms with van der Waals surface area (Å²) < 4.78 is 11.2. The van der Waals surface area contributed by atoms with Gasteiger partial charge < -0.3 is 14.4 Å². The number of rotatable bonds is 4. The van der Waals surface area contributed by atoms with Gasteiger partial charge in [0.15, 0.2) is 5.41 Å². The third-order valence-corrected chi connectivity index (χ3v) is 3.81. The Hall–Kier alpha value is -1.58. The van der Waals surface area contributed by atoms with E-state index in [0.717, 1.165) is 10.0 Å². The second-order valence-electron chi connectivity index (χ2n) is 4.80. The number of carbonyl (C=O) groups excluding carboxylic acids is 1. The van der Waals surface area contributed by atoms with E-state index in [0.29, 0.717) is 12.3 Å². The van der Waals surface area contributed by atoms with Crippen LogP contribution in [-0.2, 0) is 16.1 Å². The molecule has 106 valence electrons. The number of benzene rings is 1. The van der Waals surface area contributed by atoms with E-state index < -0.39 is 5.41 Å². The van der Waals surface area contributed by atoms with Crippen molar-refractivity contribution in [2.24, 2.45) is 5.41 Å². The summed E-state index contributed by atoms with van der Waals surface area (Å²) in [5, 5.41) is 9.16. The maximum atomic E-state index is 12.3. The summed E-state index contributed by atoms with van der Waals surface area (Å²) in [5.74, 6) is 0.497.